The standard InChI is InChI=1S/C12H21NO4/c14-12(15)10-5-11(7-13-6-10)17-8-9-1-3-16-4-2-9/h9-11,13H,1-8H2,(H,14,15). The summed E-state index contributed by atoms with van der Waals surface area (Å²) in [6.45, 7) is 3.73. The van der Waals surface area contributed by atoms with Crippen molar-refractivity contribution in [1.29, 1.82) is 0 Å². The highest BCUT2D eigenvalue weighted by Gasteiger charge is 2.27. The van der Waals surface area contributed by atoms with Crippen molar-refractivity contribution in [1.82, 2.24) is 5.32 Å². The van der Waals surface area contributed by atoms with Crippen molar-refractivity contribution < 1.29 is 19.4 Å². The average Bonchev–Trinajstić information content (AvgIpc) is 2.38. The van der Waals surface area contributed by atoms with Crippen LogP contribution in [0, 0.1) is 11.8 Å². The van der Waals surface area contributed by atoms with Crippen molar-refractivity contribution in [2.75, 3.05) is 32.9 Å². The lowest BCUT2D eigenvalue weighted by Gasteiger charge is -2.30. The van der Waals surface area contributed by atoms with Gasteiger partial charge in [-0.25, -0.2) is 0 Å². The van der Waals surface area contributed by atoms with Crippen LogP contribution in [0.3, 0.4) is 0 Å². The fraction of sp³-hybridized carbons (Fsp3) is 0.917. The molecule has 2 aliphatic heterocycles. The summed E-state index contributed by atoms with van der Waals surface area (Å²) in [7, 11) is 0. The van der Waals surface area contributed by atoms with E-state index < -0.39 is 5.97 Å². The third kappa shape index (κ3) is 3.94. The van der Waals surface area contributed by atoms with Crippen molar-refractivity contribution in [3.8, 4) is 0 Å². The highest BCUT2D eigenvalue weighted by Crippen LogP contribution is 2.18. The van der Waals surface area contributed by atoms with Crippen LogP contribution < -0.4 is 5.32 Å². The van der Waals surface area contributed by atoms with Gasteiger partial charge in [-0.05, 0) is 25.2 Å². The molecule has 5 nitrogen and oxygen atoms in total. The van der Waals surface area contributed by atoms with Gasteiger partial charge in [0, 0.05) is 32.9 Å². The van der Waals surface area contributed by atoms with Crippen molar-refractivity contribution in [2.24, 2.45) is 11.8 Å². The zero-order valence-corrected chi connectivity index (χ0v) is 10.1. The molecule has 2 N–H and O–H groups in total. The molecule has 0 saturated carbocycles. The first-order chi connectivity index (χ1) is 8.25. The van der Waals surface area contributed by atoms with E-state index in [2.05, 4.69) is 5.32 Å². The number of nitrogens with one attached hydrogen (secondary N) is 1. The number of hydrogen-bond acceptors (Lipinski definition) is 4. The SMILES string of the molecule is O=C(O)C1CNCC(OCC2CCOCC2)C1. The maximum atomic E-state index is 10.9. The van der Waals surface area contributed by atoms with E-state index in [0.29, 0.717) is 18.9 Å². The number of carbonyl (C=O) groups is 1. The molecule has 5 heteroatoms. The van der Waals surface area contributed by atoms with E-state index in [9.17, 15) is 4.79 Å². The molecule has 0 bridgehead atoms. The number of hydrogen-bond donors (Lipinski definition) is 2. The molecule has 2 rings (SSSR count). The van der Waals surface area contributed by atoms with Crippen LogP contribution in [0.1, 0.15) is 19.3 Å². The van der Waals surface area contributed by atoms with Gasteiger partial charge in [0.05, 0.1) is 12.0 Å². The Bertz CT molecular complexity index is 253. The van der Waals surface area contributed by atoms with E-state index in [0.717, 1.165) is 39.2 Å². The predicted octanol–water partition coefficient (Wildman–Crippen LogP) is 0.492. The molecule has 2 aliphatic rings. The summed E-state index contributed by atoms with van der Waals surface area (Å²) >= 11 is 0. The van der Waals surface area contributed by atoms with Gasteiger partial charge in [0.15, 0.2) is 0 Å². The summed E-state index contributed by atoms with van der Waals surface area (Å²) in [6, 6.07) is 0. The first-order valence-electron chi connectivity index (χ1n) is 6.38. The Labute approximate surface area is 101 Å². The van der Waals surface area contributed by atoms with E-state index in [1.165, 1.54) is 0 Å². The van der Waals surface area contributed by atoms with Gasteiger partial charge in [0.1, 0.15) is 0 Å². The molecule has 2 saturated heterocycles. The number of rotatable bonds is 4. The first-order valence-corrected chi connectivity index (χ1v) is 6.38. The molecule has 2 atom stereocenters. The van der Waals surface area contributed by atoms with Crippen molar-refractivity contribution in [3.05, 3.63) is 0 Å². The number of carboxylic acid groups (broad SMARTS) is 1. The first kappa shape index (κ1) is 12.8. The predicted molar refractivity (Wildman–Crippen MR) is 61.9 cm³/mol. The lowest BCUT2D eigenvalue weighted by atomic mass is 9.97. The van der Waals surface area contributed by atoms with Crippen LogP contribution in [0.5, 0.6) is 0 Å². The van der Waals surface area contributed by atoms with Crippen LogP contribution in [0.2, 0.25) is 0 Å². The number of carboxylic acids is 1. The second kappa shape index (κ2) is 6.33. The van der Waals surface area contributed by atoms with Gasteiger partial charge in [-0.3, -0.25) is 4.79 Å². The number of piperidine rings is 1. The molecule has 2 fully saturated rings. The molecule has 98 valence electrons. The van der Waals surface area contributed by atoms with Crippen LogP contribution in [-0.4, -0.2) is 50.1 Å². The van der Waals surface area contributed by atoms with Crippen LogP contribution in [0.25, 0.3) is 0 Å². The zero-order chi connectivity index (χ0) is 12.1. The minimum atomic E-state index is -0.725. The Morgan fingerprint density at radius 1 is 1.35 bits per heavy atom. The topological polar surface area (TPSA) is 67.8 Å². The molecular weight excluding hydrogens is 222 g/mol. The minimum Gasteiger partial charge on any atom is -0.481 e. The Morgan fingerprint density at radius 2 is 2.12 bits per heavy atom. The van der Waals surface area contributed by atoms with Gasteiger partial charge in [-0.1, -0.05) is 0 Å². The lowest BCUT2D eigenvalue weighted by Crippen LogP contribution is -2.44. The fourth-order valence-corrected chi connectivity index (χ4v) is 2.40. The van der Waals surface area contributed by atoms with Crippen molar-refractivity contribution >= 4 is 5.97 Å². The summed E-state index contributed by atoms with van der Waals surface area (Å²) in [5.74, 6) is -0.450. The highest BCUT2D eigenvalue weighted by molar-refractivity contribution is 5.70. The van der Waals surface area contributed by atoms with E-state index in [-0.39, 0.29) is 12.0 Å². The van der Waals surface area contributed by atoms with Gasteiger partial charge in [-0.2, -0.15) is 0 Å². The number of aliphatic carboxylic acids is 1. The van der Waals surface area contributed by atoms with Gasteiger partial charge in [0.2, 0.25) is 0 Å². The molecule has 0 radical (unpaired) electrons. The molecule has 0 aromatic carbocycles. The van der Waals surface area contributed by atoms with E-state index in [4.69, 9.17) is 14.6 Å². The third-order valence-electron chi connectivity index (χ3n) is 3.57. The van der Waals surface area contributed by atoms with Gasteiger partial charge in [0.25, 0.3) is 0 Å². The van der Waals surface area contributed by atoms with E-state index in [1.807, 2.05) is 0 Å². The zero-order valence-electron chi connectivity index (χ0n) is 10.1. The van der Waals surface area contributed by atoms with Gasteiger partial charge < -0.3 is 19.9 Å². The normalized spacial score (nSPS) is 31.3. The summed E-state index contributed by atoms with van der Waals surface area (Å²) in [6.07, 6.45) is 2.80. The smallest absolute Gasteiger partial charge is 0.307 e. The summed E-state index contributed by atoms with van der Waals surface area (Å²) in [5, 5.41) is 12.1. The Balaban J connectivity index is 1.69. The maximum absolute atomic E-state index is 10.9. The fourth-order valence-electron chi connectivity index (χ4n) is 2.40. The Morgan fingerprint density at radius 3 is 2.82 bits per heavy atom. The molecule has 2 unspecified atom stereocenters. The molecular formula is C12H21NO4. The quantitative estimate of drug-likeness (QED) is 0.752. The minimum absolute atomic E-state index is 0.0488. The molecule has 0 spiro atoms. The van der Waals surface area contributed by atoms with Crippen LogP contribution in [0.15, 0.2) is 0 Å². The van der Waals surface area contributed by atoms with E-state index in [1.54, 1.807) is 0 Å². The summed E-state index contributed by atoms with van der Waals surface area (Å²) in [4.78, 5) is 10.9. The molecule has 17 heavy (non-hydrogen) atoms. The highest BCUT2D eigenvalue weighted by atomic mass is 16.5. The molecule has 0 amide bonds. The lowest BCUT2D eigenvalue weighted by molar-refractivity contribution is -0.144. The Kier molecular flexibility index (Phi) is 4.76. The number of ether oxygens (including phenoxy) is 2. The molecule has 0 aromatic heterocycles. The van der Waals surface area contributed by atoms with Gasteiger partial charge in [-0.15, -0.1) is 0 Å². The van der Waals surface area contributed by atoms with E-state index >= 15 is 0 Å². The monoisotopic (exact) mass is 243 g/mol. The largest absolute Gasteiger partial charge is 0.481 e. The van der Waals surface area contributed by atoms with Crippen LogP contribution in [0.4, 0.5) is 0 Å². The second-order valence-corrected chi connectivity index (χ2v) is 4.94. The van der Waals surface area contributed by atoms with Crippen LogP contribution in [-0.2, 0) is 14.3 Å². The van der Waals surface area contributed by atoms with Crippen LogP contribution >= 0.6 is 0 Å². The van der Waals surface area contributed by atoms with Crippen molar-refractivity contribution in [3.63, 3.8) is 0 Å². The third-order valence-corrected chi connectivity index (χ3v) is 3.57. The molecule has 0 aromatic rings. The van der Waals surface area contributed by atoms with Gasteiger partial charge >= 0.3 is 5.97 Å². The second-order valence-electron chi connectivity index (χ2n) is 4.94. The Hall–Kier alpha value is -0.650. The summed E-state index contributed by atoms with van der Waals surface area (Å²) in [5.41, 5.74) is 0. The summed E-state index contributed by atoms with van der Waals surface area (Å²) < 4.78 is 11.1. The maximum Gasteiger partial charge on any atom is 0.307 e. The van der Waals surface area contributed by atoms with Crippen molar-refractivity contribution in [2.45, 2.75) is 25.4 Å². The molecule has 0 aliphatic carbocycles. The molecule has 2 heterocycles. The average molecular weight is 243 g/mol.